The summed E-state index contributed by atoms with van der Waals surface area (Å²) in [4.78, 5) is 26.1. The maximum atomic E-state index is 11.8. The molecule has 1 aromatic carbocycles. The lowest BCUT2D eigenvalue weighted by Crippen LogP contribution is -2.28. The molecule has 1 saturated carbocycles. The Kier molecular flexibility index (Phi) is 5.68. The zero-order valence-electron chi connectivity index (χ0n) is 19.8. The number of aromatic nitrogens is 4. The third kappa shape index (κ3) is 4.16. The van der Waals surface area contributed by atoms with Gasteiger partial charge in [-0.1, -0.05) is 30.3 Å². The maximum absolute atomic E-state index is 11.8. The molecular weight excluding hydrogens is 440 g/mol. The number of rotatable bonds is 5. The Balaban J connectivity index is 1.25. The number of hydrogen-bond donors (Lipinski definition) is 0. The van der Waals surface area contributed by atoms with E-state index in [9.17, 15) is 4.79 Å². The summed E-state index contributed by atoms with van der Waals surface area (Å²) in [5.74, 6) is 1.55. The van der Waals surface area contributed by atoms with Crippen LogP contribution >= 0.6 is 0 Å². The van der Waals surface area contributed by atoms with Crippen LogP contribution in [0.4, 0.5) is 0 Å². The van der Waals surface area contributed by atoms with E-state index in [1.54, 1.807) is 6.20 Å². The zero-order valence-corrected chi connectivity index (χ0v) is 19.8. The molecule has 0 bridgehead atoms. The molecule has 1 atom stereocenters. The zero-order chi connectivity index (χ0) is 23.8. The Morgan fingerprint density at radius 1 is 0.971 bits per heavy atom. The van der Waals surface area contributed by atoms with Crippen LogP contribution in [0.1, 0.15) is 49.5 Å². The molecule has 178 valence electrons. The van der Waals surface area contributed by atoms with Crippen molar-refractivity contribution in [1.29, 1.82) is 0 Å². The van der Waals surface area contributed by atoms with Crippen LogP contribution in [0.15, 0.2) is 60.8 Å². The molecule has 1 unspecified atom stereocenters. The fourth-order valence-electron chi connectivity index (χ4n) is 5.46. The average molecular weight is 469 g/mol. The van der Waals surface area contributed by atoms with Crippen molar-refractivity contribution in [2.75, 3.05) is 7.11 Å². The lowest BCUT2D eigenvalue weighted by molar-refractivity contribution is -0.147. The summed E-state index contributed by atoms with van der Waals surface area (Å²) in [5.41, 5.74) is 4.98. The quantitative estimate of drug-likeness (QED) is 0.378. The highest BCUT2D eigenvalue weighted by Gasteiger charge is 2.29. The van der Waals surface area contributed by atoms with Gasteiger partial charge >= 0.3 is 5.97 Å². The molecule has 0 spiro atoms. The molecule has 0 amide bonds. The van der Waals surface area contributed by atoms with Crippen molar-refractivity contribution in [2.45, 2.75) is 50.7 Å². The van der Waals surface area contributed by atoms with Crippen LogP contribution in [0.25, 0.3) is 22.4 Å². The SMILES string of the molecule is COC(=O)C1CCC(Oc2cc(-c3ccc4nc5n(c4n3)C(c3ccccc3)CC5)ccn2)CC1. The van der Waals surface area contributed by atoms with E-state index in [4.69, 9.17) is 19.4 Å². The fourth-order valence-corrected chi connectivity index (χ4v) is 5.46. The number of methoxy groups -OCH3 is 1. The van der Waals surface area contributed by atoms with Crippen LogP contribution < -0.4 is 4.74 Å². The molecular formula is C28H28N4O3. The number of hydrogen-bond acceptors (Lipinski definition) is 6. The second kappa shape index (κ2) is 9.13. The minimum Gasteiger partial charge on any atom is -0.474 e. The van der Waals surface area contributed by atoms with Gasteiger partial charge in [0.05, 0.1) is 24.8 Å². The minimum absolute atomic E-state index is 0.0211. The molecule has 4 heterocycles. The van der Waals surface area contributed by atoms with Gasteiger partial charge in [0.25, 0.3) is 0 Å². The number of pyridine rings is 2. The lowest BCUT2D eigenvalue weighted by Gasteiger charge is -2.27. The Bertz CT molecular complexity index is 1360. The van der Waals surface area contributed by atoms with Crippen molar-refractivity contribution >= 4 is 17.1 Å². The molecule has 1 aliphatic carbocycles. The molecule has 0 N–H and O–H groups in total. The predicted molar refractivity (Wildman–Crippen MR) is 132 cm³/mol. The number of aryl methyl sites for hydroxylation is 1. The van der Waals surface area contributed by atoms with E-state index in [0.717, 1.165) is 66.8 Å². The highest BCUT2D eigenvalue weighted by atomic mass is 16.5. The number of imidazole rings is 1. The van der Waals surface area contributed by atoms with Crippen LogP contribution in [0.2, 0.25) is 0 Å². The average Bonchev–Trinajstić information content (AvgIpc) is 3.48. The third-order valence-electron chi connectivity index (χ3n) is 7.27. The van der Waals surface area contributed by atoms with E-state index in [1.807, 2.05) is 18.2 Å². The molecule has 35 heavy (non-hydrogen) atoms. The third-order valence-corrected chi connectivity index (χ3v) is 7.27. The van der Waals surface area contributed by atoms with Gasteiger partial charge in [-0.3, -0.25) is 4.79 Å². The van der Waals surface area contributed by atoms with Crippen LogP contribution in [-0.2, 0) is 16.0 Å². The number of nitrogens with zero attached hydrogens (tertiary/aromatic N) is 4. The van der Waals surface area contributed by atoms with Crippen LogP contribution in [0.3, 0.4) is 0 Å². The van der Waals surface area contributed by atoms with Gasteiger partial charge in [-0.15, -0.1) is 0 Å². The number of benzene rings is 1. The first-order chi connectivity index (χ1) is 17.2. The van der Waals surface area contributed by atoms with Gasteiger partial charge in [0.15, 0.2) is 5.65 Å². The fraction of sp³-hybridized carbons (Fsp3) is 0.357. The predicted octanol–water partition coefficient (Wildman–Crippen LogP) is 5.14. The molecule has 0 saturated heterocycles. The van der Waals surface area contributed by atoms with Crippen molar-refractivity contribution in [3.05, 3.63) is 72.2 Å². The van der Waals surface area contributed by atoms with Crippen LogP contribution in [-0.4, -0.2) is 38.7 Å². The van der Waals surface area contributed by atoms with Gasteiger partial charge in [0.1, 0.15) is 17.4 Å². The van der Waals surface area contributed by atoms with E-state index in [1.165, 1.54) is 12.7 Å². The van der Waals surface area contributed by atoms with Crippen LogP contribution in [0, 0.1) is 5.92 Å². The Labute approximate surface area is 204 Å². The monoisotopic (exact) mass is 468 g/mol. The molecule has 3 aromatic heterocycles. The van der Waals surface area contributed by atoms with E-state index in [2.05, 4.69) is 45.9 Å². The van der Waals surface area contributed by atoms with Gasteiger partial charge in [-0.2, -0.15) is 0 Å². The Hall–Kier alpha value is -3.74. The number of carbonyl (C=O) groups is 1. The van der Waals surface area contributed by atoms with Gasteiger partial charge in [-0.05, 0) is 55.9 Å². The topological polar surface area (TPSA) is 79.1 Å². The summed E-state index contributed by atoms with van der Waals surface area (Å²) in [5, 5.41) is 0. The first-order valence-corrected chi connectivity index (χ1v) is 12.3. The molecule has 4 aromatic rings. The van der Waals surface area contributed by atoms with E-state index in [0.29, 0.717) is 5.88 Å². The molecule has 6 rings (SSSR count). The highest BCUT2D eigenvalue weighted by molar-refractivity contribution is 5.77. The first kappa shape index (κ1) is 21.8. The Morgan fingerprint density at radius 3 is 2.60 bits per heavy atom. The van der Waals surface area contributed by atoms with Crippen molar-refractivity contribution in [3.63, 3.8) is 0 Å². The second-order valence-corrected chi connectivity index (χ2v) is 9.40. The van der Waals surface area contributed by atoms with Crippen molar-refractivity contribution in [2.24, 2.45) is 5.92 Å². The summed E-state index contributed by atoms with van der Waals surface area (Å²) in [6.45, 7) is 0. The molecule has 1 aliphatic heterocycles. The smallest absolute Gasteiger partial charge is 0.308 e. The molecule has 7 heteroatoms. The minimum atomic E-state index is -0.120. The normalized spacial score (nSPS) is 21.6. The molecule has 0 radical (unpaired) electrons. The van der Waals surface area contributed by atoms with Gasteiger partial charge in [0.2, 0.25) is 5.88 Å². The lowest BCUT2D eigenvalue weighted by atomic mass is 9.87. The van der Waals surface area contributed by atoms with Crippen LogP contribution in [0.5, 0.6) is 5.88 Å². The number of fused-ring (bicyclic) bond motifs is 3. The van der Waals surface area contributed by atoms with Crippen molar-refractivity contribution in [1.82, 2.24) is 19.5 Å². The molecule has 7 nitrogen and oxygen atoms in total. The van der Waals surface area contributed by atoms with Crippen molar-refractivity contribution in [3.8, 4) is 17.1 Å². The van der Waals surface area contributed by atoms with Gasteiger partial charge < -0.3 is 14.0 Å². The number of carbonyl (C=O) groups excluding carboxylic acids is 1. The Morgan fingerprint density at radius 2 is 1.80 bits per heavy atom. The largest absolute Gasteiger partial charge is 0.474 e. The number of esters is 1. The van der Waals surface area contributed by atoms with Gasteiger partial charge in [-0.25, -0.2) is 15.0 Å². The first-order valence-electron chi connectivity index (χ1n) is 12.3. The van der Waals surface area contributed by atoms with E-state index < -0.39 is 0 Å². The maximum Gasteiger partial charge on any atom is 0.308 e. The van der Waals surface area contributed by atoms with E-state index >= 15 is 0 Å². The standard InChI is InChI=1S/C28H28N4O3/c1-34-28(33)19-7-9-21(10-8-19)35-26-17-20(15-16-29-26)22-11-12-23-27(31-22)32-24(13-14-25(32)30-23)18-5-3-2-4-6-18/h2-6,11-12,15-17,19,21,24H,7-10,13-14H2,1H3. The summed E-state index contributed by atoms with van der Waals surface area (Å²) in [6.07, 6.45) is 7.02. The second-order valence-electron chi connectivity index (χ2n) is 9.40. The van der Waals surface area contributed by atoms with E-state index in [-0.39, 0.29) is 24.0 Å². The molecule has 1 fully saturated rings. The summed E-state index contributed by atoms with van der Waals surface area (Å²) in [7, 11) is 1.45. The summed E-state index contributed by atoms with van der Waals surface area (Å²) < 4.78 is 13.4. The van der Waals surface area contributed by atoms with Gasteiger partial charge in [0, 0.05) is 24.2 Å². The summed E-state index contributed by atoms with van der Waals surface area (Å²) >= 11 is 0. The molecule has 2 aliphatic rings. The van der Waals surface area contributed by atoms with Crippen molar-refractivity contribution < 1.29 is 14.3 Å². The highest BCUT2D eigenvalue weighted by Crippen LogP contribution is 2.36. The number of ether oxygens (including phenoxy) is 2. The summed E-state index contributed by atoms with van der Waals surface area (Å²) in [6, 6.07) is 18.8.